The molecule has 0 radical (unpaired) electrons. The Morgan fingerprint density at radius 2 is 2.18 bits per heavy atom. The van der Waals surface area contributed by atoms with Crippen LogP contribution in [-0.4, -0.2) is 21.3 Å². The van der Waals surface area contributed by atoms with E-state index < -0.39 is 0 Å². The van der Waals surface area contributed by atoms with Crippen LogP contribution in [0.2, 0.25) is 0 Å². The molecule has 0 saturated carbocycles. The van der Waals surface area contributed by atoms with Gasteiger partial charge in [-0.3, -0.25) is 9.67 Å². The molecule has 2 heterocycles. The maximum Gasteiger partial charge on any atom is 0.0943 e. The van der Waals surface area contributed by atoms with Gasteiger partial charge < -0.3 is 5.32 Å². The van der Waals surface area contributed by atoms with Crippen molar-refractivity contribution in [2.24, 2.45) is 7.05 Å². The van der Waals surface area contributed by atoms with Gasteiger partial charge in [0.25, 0.3) is 0 Å². The van der Waals surface area contributed by atoms with E-state index in [0.717, 1.165) is 17.9 Å². The van der Waals surface area contributed by atoms with Gasteiger partial charge in [-0.2, -0.15) is 5.10 Å². The monoisotopic (exact) mass is 230 g/mol. The summed E-state index contributed by atoms with van der Waals surface area (Å²) >= 11 is 0. The zero-order valence-electron chi connectivity index (χ0n) is 10.5. The van der Waals surface area contributed by atoms with Crippen LogP contribution in [0.25, 0.3) is 0 Å². The largest absolute Gasteiger partial charge is 0.304 e. The first-order valence-electron chi connectivity index (χ1n) is 5.86. The number of hydrogen-bond donors (Lipinski definition) is 1. The molecule has 1 unspecified atom stereocenters. The summed E-state index contributed by atoms with van der Waals surface area (Å²) in [6.45, 7) is 5.05. The number of aryl methyl sites for hydroxylation is 2. The summed E-state index contributed by atoms with van der Waals surface area (Å²) in [6, 6.07) is 6.20. The normalized spacial score (nSPS) is 12.6. The van der Waals surface area contributed by atoms with Gasteiger partial charge in [0.1, 0.15) is 0 Å². The van der Waals surface area contributed by atoms with E-state index in [2.05, 4.69) is 35.3 Å². The van der Waals surface area contributed by atoms with Gasteiger partial charge in [-0.1, -0.05) is 6.92 Å². The van der Waals surface area contributed by atoms with Crippen LogP contribution in [0.4, 0.5) is 0 Å². The Morgan fingerprint density at radius 3 is 2.76 bits per heavy atom. The van der Waals surface area contributed by atoms with E-state index in [1.165, 1.54) is 5.56 Å². The molecule has 4 heteroatoms. The van der Waals surface area contributed by atoms with E-state index in [-0.39, 0.29) is 6.04 Å². The molecule has 0 aliphatic heterocycles. The molecule has 0 aliphatic rings. The SMILES string of the molecule is CCNC(c1cc(C)ccn1)c1ccn(C)n1. The third kappa shape index (κ3) is 2.71. The third-order valence-corrected chi connectivity index (χ3v) is 2.67. The number of aromatic nitrogens is 3. The summed E-state index contributed by atoms with van der Waals surface area (Å²) in [5.74, 6) is 0. The summed E-state index contributed by atoms with van der Waals surface area (Å²) in [4.78, 5) is 4.43. The van der Waals surface area contributed by atoms with Gasteiger partial charge in [-0.05, 0) is 37.2 Å². The molecule has 1 N–H and O–H groups in total. The van der Waals surface area contributed by atoms with Crippen LogP contribution in [0.15, 0.2) is 30.6 Å². The van der Waals surface area contributed by atoms with E-state index in [4.69, 9.17) is 0 Å². The van der Waals surface area contributed by atoms with Crippen LogP contribution in [0.1, 0.15) is 29.9 Å². The Morgan fingerprint density at radius 1 is 1.35 bits per heavy atom. The van der Waals surface area contributed by atoms with Crippen LogP contribution < -0.4 is 5.32 Å². The van der Waals surface area contributed by atoms with Gasteiger partial charge in [0.05, 0.1) is 17.4 Å². The maximum absolute atomic E-state index is 4.45. The van der Waals surface area contributed by atoms with Crippen molar-refractivity contribution in [2.45, 2.75) is 19.9 Å². The number of nitrogens with one attached hydrogen (secondary N) is 1. The molecule has 4 nitrogen and oxygen atoms in total. The highest BCUT2D eigenvalue weighted by Crippen LogP contribution is 2.18. The molecule has 2 aromatic heterocycles. The van der Waals surface area contributed by atoms with Crippen molar-refractivity contribution in [2.75, 3.05) is 6.54 Å². The second kappa shape index (κ2) is 5.10. The highest BCUT2D eigenvalue weighted by molar-refractivity contribution is 5.24. The summed E-state index contributed by atoms with van der Waals surface area (Å²) in [5, 5.41) is 7.87. The summed E-state index contributed by atoms with van der Waals surface area (Å²) in [5.41, 5.74) is 3.24. The number of nitrogens with zero attached hydrogens (tertiary/aromatic N) is 3. The Bertz CT molecular complexity index is 490. The van der Waals surface area contributed by atoms with Crippen LogP contribution in [0.3, 0.4) is 0 Å². The fraction of sp³-hybridized carbons (Fsp3) is 0.385. The highest BCUT2D eigenvalue weighted by atomic mass is 15.3. The first kappa shape index (κ1) is 11.8. The second-order valence-electron chi connectivity index (χ2n) is 4.16. The molecule has 2 aromatic rings. The minimum Gasteiger partial charge on any atom is -0.304 e. The van der Waals surface area contributed by atoms with Crippen molar-refractivity contribution in [1.29, 1.82) is 0 Å². The summed E-state index contributed by atoms with van der Waals surface area (Å²) in [6.07, 6.45) is 3.80. The lowest BCUT2D eigenvalue weighted by Crippen LogP contribution is -2.23. The average molecular weight is 230 g/mol. The van der Waals surface area contributed by atoms with Crippen LogP contribution >= 0.6 is 0 Å². The van der Waals surface area contributed by atoms with E-state index in [1.807, 2.05) is 36.3 Å². The number of rotatable bonds is 4. The van der Waals surface area contributed by atoms with Crippen LogP contribution in [0.5, 0.6) is 0 Å². The smallest absolute Gasteiger partial charge is 0.0943 e. The van der Waals surface area contributed by atoms with Gasteiger partial charge in [-0.25, -0.2) is 0 Å². The van der Waals surface area contributed by atoms with Crippen molar-refractivity contribution in [3.63, 3.8) is 0 Å². The molecule has 1 atom stereocenters. The topological polar surface area (TPSA) is 42.7 Å². The average Bonchev–Trinajstić information content (AvgIpc) is 2.72. The molecule has 0 aromatic carbocycles. The van der Waals surface area contributed by atoms with Crippen molar-refractivity contribution >= 4 is 0 Å². The third-order valence-electron chi connectivity index (χ3n) is 2.67. The summed E-state index contributed by atoms with van der Waals surface area (Å²) < 4.78 is 1.81. The van der Waals surface area contributed by atoms with Gasteiger partial charge in [0.15, 0.2) is 0 Å². The Labute approximate surface area is 102 Å². The van der Waals surface area contributed by atoms with E-state index in [1.54, 1.807) is 0 Å². The first-order valence-corrected chi connectivity index (χ1v) is 5.86. The lowest BCUT2D eigenvalue weighted by Gasteiger charge is -2.15. The van der Waals surface area contributed by atoms with E-state index in [0.29, 0.717) is 0 Å². The van der Waals surface area contributed by atoms with Crippen molar-refractivity contribution < 1.29 is 0 Å². The van der Waals surface area contributed by atoms with Crippen LogP contribution in [-0.2, 0) is 7.05 Å². The maximum atomic E-state index is 4.45. The van der Waals surface area contributed by atoms with E-state index >= 15 is 0 Å². The molecule has 0 aliphatic carbocycles. The molecule has 0 spiro atoms. The minimum atomic E-state index is 0.0705. The zero-order chi connectivity index (χ0) is 12.3. The number of pyridine rings is 1. The standard InChI is InChI=1S/C13H18N4/c1-4-14-13(11-6-8-17(3)16-11)12-9-10(2)5-7-15-12/h5-9,13-14H,4H2,1-3H3. The Hall–Kier alpha value is -1.68. The highest BCUT2D eigenvalue weighted by Gasteiger charge is 2.16. The lowest BCUT2D eigenvalue weighted by molar-refractivity contribution is 0.587. The first-order chi connectivity index (χ1) is 8.20. The zero-order valence-corrected chi connectivity index (χ0v) is 10.5. The lowest BCUT2D eigenvalue weighted by atomic mass is 10.1. The fourth-order valence-electron chi connectivity index (χ4n) is 1.87. The molecule has 17 heavy (non-hydrogen) atoms. The van der Waals surface area contributed by atoms with E-state index in [9.17, 15) is 0 Å². The van der Waals surface area contributed by atoms with Crippen LogP contribution in [0, 0.1) is 6.92 Å². The van der Waals surface area contributed by atoms with Gasteiger partial charge in [0.2, 0.25) is 0 Å². The van der Waals surface area contributed by atoms with Crippen molar-refractivity contribution in [3.8, 4) is 0 Å². The molecule has 0 fully saturated rings. The molecular formula is C13H18N4. The molecule has 0 amide bonds. The predicted molar refractivity (Wildman–Crippen MR) is 67.7 cm³/mol. The molecule has 90 valence electrons. The second-order valence-corrected chi connectivity index (χ2v) is 4.16. The van der Waals surface area contributed by atoms with Crippen molar-refractivity contribution in [1.82, 2.24) is 20.1 Å². The molecule has 2 rings (SSSR count). The minimum absolute atomic E-state index is 0.0705. The quantitative estimate of drug-likeness (QED) is 0.871. The fourth-order valence-corrected chi connectivity index (χ4v) is 1.87. The molecule has 0 bridgehead atoms. The molecular weight excluding hydrogens is 212 g/mol. The van der Waals surface area contributed by atoms with Gasteiger partial charge >= 0.3 is 0 Å². The van der Waals surface area contributed by atoms with Gasteiger partial charge in [0, 0.05) is 19.4 Å². The summed E-state index contributed by atoms with van der Waals surface area (Å²) in [7, 11) is 1.93. The Balaban J connectivity index is 2.35. The number of hydrogen-bond acceptors (Lipinski definition) is 3. The molecule has 0 saturated heterocycles. The predicted octanol–water partition coefficient (Wildman–Crippen LogP) is 1.82. The van der Waals surface area contributed by atoms with Crippen molar-refractivity contribution in [3.05, 3.63) is 47.5 Å². The van der Waals surface area contributed by atoms with Gasteiger partial charge in [-0.15, -0.1) is 0 Å². The Kier molecular flexibility index (Phi) is 3.54.